The van der Waals surface area contributed by atoms with E-state index in [2.05, 4.69) is 11.0 Å². The number of piperidine rings is 1. The predicted molar refractivity (Wildman–Crippen MR) is 102 cm³/mol. The highest BCUT2D eigenvalue weighted by Crippen LogP contribution is 2.34. The average molecular weight is 385 g/mol. The van der Waals surface area contributed by atoms with Crippen LogP contribution in [0.15, 0.2) is 18.2 Å². The van der Waals surface area contributed by atoms with Crippen molar-refractivity contribution in [1.29, 1.82) is 0 Å². The summed E-state index contributed by atoms with van der Waals surface area (Å²) >= 11 is 12.2. The van der Waals surface area contributed by atoms with E-state index in [1.54, 1.807) is 0 Å². The van der Waals surface area contributed by atoms with Crippen LogP contribution in [0, 0.1) is 0 Å². The predicted octanol–water partition coefficient (Wildman–Crippen LogP) is 4.79. The van der Waals surface area contributed by atoms with Gasteiger partial charge >= 0.3 is 6.09 Å². The Bertz CT molecular complexity index is 645. The van der Waals surface area contributed by atoms with Crippen LogP contribution in [0.2, 0.25) is 10.0 Å². The molecule has 1 aromatic carbocycles. The molecule has 0 aliphatic carbocycles. The van der Waals surface area contributed by atoms with Crippen LogP contribution in [0.4, 0.5) is 4.79 Å². The summed E-state index contributed by atoms with van der Waals surface area (Å²) in [5, 5.41) is 1.22. The molecule has 2 aliphatic heterocycles. The van der Waals surface area contributed by atoms with Gasteiger partial charge in [-0.15, -0.1) is 0 Å². The van der Waals surface area contributed by atoms with E-state index in [1.807, 2.05) is 37.8 Å². The SMILES string of the molecule is CC(C)(C)OC(=O)N1CCN2CC(c3ccc(Cl)c(Cl)c3)CCC2C1. The first kappa shape index (κ1) is 18.8. The Balaban J connectivity index is 1.60. The number of piperazine rings is 1. The van der Waals surface area contributed by atoms with Gasteiger partial charge in [0.15, 0.2) is 0 Å². The molecule has 0 aromatic heterocycles. The maximum atomic E-state index is 12.3. The highest BCUT2D eigenvalue weighted by atomic mass is 35.5. The molecule has 6 heteroatoms. The number of benzene rings is 1. The Labute approximate surface area is 160 Å². The summed E-state index contributed by atoms with van der Waals surface area (Å²) in [5.74, 6) is 0.471. The molecule has 1 aromatic rings. The Morgan fingerprint density at radius 2 is 1.88 bits per heavy atom. The van der Waals surface area contributed by atoms with Crippen molar-refractivity contribution in [3.8, 4) is 0 Å². The second kappa shape index (κ2) is 7.34. The van der Waals surface area contributed by atoms with Crippen molar-refractivity contribution in [2.24, 2.45) is 0 Å². The minimum atomic E-state index is -0.445. The summed E-state index contributed by atoms with van der Waals surface area (Å²) in [6, 6.07) is 6.37. The van der Waals surface area contributed by atoms with Gasteiger partial charge in [-0.2, -0.15) is 0 Å². The molecule has 4 nitrogen and oxygen atoms in total. The summed E-state index contributed by atoms with van der Waals surface area (Å²) < 4.78 is 5.51. The molecule has 138 valence electrons. The van der Waals surface area contributed by atoms with Crippen LogP contribution < -0.4 is 0 Å². The summed E-state index contributed by atoms with van der Waals surface area (Å²) in [6.07, 6.45) is 1.98. The van der Waals surface area contributed by atoms with Crippen molar-refractivity contribution in [1.82, 2.24) is 9.80 Å². The lowest BCUT2D eigenvalue weighted by Gasteiger charge is -2.46. The van der Waals surface area contributed by atoms with Crippen molar-refractivity contribution in [3.63, 3.8) is 0 Å². The topological polar surface area (TPSA) is 32.8 Å². The van der Waals surface area contributed by atoms with Gasteiger partial charge in [-0.1, -0.05) is 29.3 Å². The van der Waals surface area contributed by atoms with Crippen molar-refractivity contribution in [2.45, 2.75) is 51.2 Å². The third-order valence-corrected chi connectivity index (χ3v) is 5.71. The van der Waals surface area contributed by atoms with Gasteiger partial charge in [0.05, 0.1) is 10.0 Å². The fourth-order valence-corrected chi connectivity index (χ4v) is 4.01. The first-order valence-corrected chi connectivity index (χ1v) is 9.65. The molecule has 0 bridgehead atoms. The van der Waals surface area contributed by atoms with E-state index in [0.717, 1.165) is 39.0 Å². The molecule has 3 rings (SSSR count). The zero-order chi connectivity index (χ0) is 18.2. The minimum absolute atomic E-state index is 0.196. The molecule has 1 amide bonds. The average Bonchev–Trinajstić information content (AvgIpc) is 2.55. The van der Waals surface area contributed by atoms with Crippen LogP contribution >= 0.6 is 23.2 Å². The molecule has 2 saturated heterocycles. The lowest BCUT2D eigenvalue weighted by atomic mass is 9.86. The van der Waals surface area contributed by atoms with Gasteiger partial charge in [-0.3, -0.25) is 4.90 Å². The normalized spacial score (nSPS) is 24.8. The second-order valence-electron chi connectivity index (χ2n) is 8.02. The second-order valence-corrected chi connectivity index (χ2v) is 8.84. The van der Waals surface area contributed by atoms with Gasteiger partial charge in [-0.05, 0) is 57.2 Å². The number of ether oxygens (including phenoxy) is 1. The van der Waals surface area contributed by atoms with Crippen molar-refractivity contribution in [3.05, 3.63) is 33.8 Å². The number of amides is 1. The molecule has 0 N–H and O–H groups in total. The lowest BCUT2D eigenvalue weighted by Crippen LogP contribution is -2.57. The summed E-state index contributed by atoms with van der Waals surface area (Å²) in [4.78, 5) is 16.7. The van der Waals surface area contributed by atoms with E-state index in [4.69, 9.17) is 27.9 Å². The smallest absolute Gasteiger partial charge is 0.410 e. The molecule has 2 aliphatic rings. The van der Waals surface area contributed by atoms with Crippen LogP contribution in [0.3, 0.4) is 0 Å². The van der Waals surface area contributed by atoms with Crippen LogP contribution in [0.5, 0.6) is 0 Å². The Morgan fingerprint density at radius 1 is 1.12 bits per heavy atom. The molecule has 0 spiro atoms. The van der Waals surface area contributed by atoms with Crippen molar-refractivity contribution >= 4 is 29.3 Å². The van der Waals surface area contributed by atoms with E-state index in [9.17, 15) is 4.79 Å². The first-order valence-electron chi connectivity index (χ1n) is 8.90. The van der Waals surface area contributed by atoms with Crippen molar-refractivity contribution < 1.29 is 9.53 Å². The monoisotopic (exact) mass is 384 g/mol. The van der Waals surface area contributed by atoms with Crippen LogP contribution in [0.25, 0.3) is 0 Å². The van der Waals surface area contributed by atoms with E-state index in [0.29, 0.717) is 22.0 Å². The Morgan fingerprint density at radius 3 is 2.56 bits per heavy atom. The van der Waals surface area contributed by atoms with E-state index < -0.39 is 5.60 Å². The molecule has 0 radical (unpaired) electrons. The minimum Gasteiger partial charge on any atom is -0.444 e. The van der Waals surface area contributed by atoms with E-state index in [-0.39, 0.29) is 6.09 Å². The maximum Gasteiger partial charge on any atom is 0.410 e. The first-order chi connectivity index (χ1) is 11.7. The zero-order valence-corrected chi connectivity index (χ0v) is 16.6. The molecule has 25 heavy (non-hydrogen) atoms. The van der Waals surface area contributed by atoms with Gasteiger partial charge in [0.1, 0.15) is 5.60 Å². The van der Waals surface area contributed by atoms with Gasteiger partial charge in [0.2, 0.25) is 0 Å². The highest BCUT2D eigenvalue weighted by Gasteiger charge is 2.36. The molecule has 2 unspecified atom stereocenters. The number of rotatable bonds is 1. The van der Waals surface area contributed by atoms with Crippen LogP contribution in [-0.4, -0.2) is 53.7 Å². The van der Waals surface area contributed by atoms with Crippen molar-refractivity contribution in [2.75, 3.05) is 26.2 Å². The molecular weight excluding hydrogens is 359 g/mol. The summed E-state index contributed by atoms with van der Waals surface area (Å²) in [6.45, 7) is 9.09. The fraction of sp³-hybridized carbons (Fsp3) is 0.632. The summed E-state index contributed by atoms with van der Waals surface area (Å²) in [7, 11) is 0. The fourth-order valence-electron chi connectivity index (χ4n) is 3.71. The van der Waals surface area contributed by atoms with Gasteiger partial charge in [0.25, 0.3) is 0 Å². The zero-order valence-electron chi connectivity index (χ0n) is 15.1. The number of fused-ring (bicyclic) bond motifs is 1. The molecular formula is C19H26Cl2N2O2. The van der Waals surface area contributed by atoms with Gasteiger partial charge in [0, 0.05) is 32.2 Å². The number of carbonyl (C=O) groups is 1. The van der Waals surface area contributed by atoms with Crippen LogP contribution in [-0.2, 0) is 4.74 Å². The third kappa shape index (κ3) is 4.60. The maximum absolute atomic E-state index is 12.3. The van der Waals surface area contributed by atoms with E-state index in [1.165, 1.54) is 5.56 Å². The van der Waals surface area contributed by atoms with Gasteiger partial charge in [-0.25, -0.2) is 4.79 Å². The standard InChI is InChI=1S/C19H26Cl2N2O2/c1-19(2,3)25-18(24)23-9-8-22-11-14(4-6-15(22)12-23)13-5-7-16(20)17(21)10-13/h5,7,10,14-15H,4,6,8-9,11-12H2,1-3H3. The molecule has 2 fully saturated rings. The molecule has 2 heterocycles. The quantitative estimate of drug-likeness (QED) is 0.697. The third-order valence-electron chi connectivity index (χ3n) is 4.97. The Kier molecular flexibility index (Phi) is 5.52. The number of halogens is 2. The van der Waals surface area contributed by atoms with E-state index >= 15 is 0 Å². The molecule has 0 saturated carbocycles. The van der Waals surface area contributed by atoms with Gasteiger partial charge < -0.3 is 9.64 Å². The number of hydrogen-bond acceptors (Lipinski definition) is 3. The lowest BCUT2D eigenvalue weighted by molar-refractivity contribution is -0.00446. The number of hydrogen-bond donors (Lipinski definition) is 0. The Hall–Kier alpha value is -0.970. The number of nitrogens with zero attached hydrogens (tertiary/aromatic N) is 2. The van der Waals surface area contributed by atoms with Crippen LogP contribution in [0.1, 0.15) is 45.1 Å². The highest BCUT2D eigenvalue weighted by molar-refractivity contribution is 6.42. The summed E-state index contributed by atoms with van der Waals surface area (Å²) in [5.41, 5.74) is 0.808. The molecule has 2 atom stereocenters. The largest absolute Gasteiger partial charge is 0.444 e. The number of carbonyl (C=O) groups excluding carboxylic acids is 1.